The standard InChI is InChI=1S/C26H32N4O2S/c1-18-16-20-23(28-21-12-8-9-13-22(21)29-24(20)33-18)27-14-15-30(4)17-32-25(31)26(2,3)19-10-6-5-7-11-19/h5-6,8-10,12-13,16,29H,7,11,14-15,17H2,1-4H3,(H,27,28). The summed E-state index contributed by atoms with van der Waals surface area (Å²) < 4.78 is 5.64. The number of hydrogen-bond donors (Lipinski definition) is 2. The molecule has 1 aliphatic carbocycles. The number of aliphatic imine (C=N–C) groups is 1. The second-order valence-corrected chi connectivity index (χ2v) is 10.3. The van der Waals surface area contributed by atoms with Crippen LogP contribution in [-0.2, 0) is 9.53 Å². The SMILES string of the molecule is Cc1cc2c(s1)Nc1ccccc1NC2=NCCN(C)COC(=O)C(C)(C)C1=CC=CCC1. The molecule has 0 spiro atoms. The number of nitrogens with one attached hydrogen (secondary N) is 2. The normalized spacial score (nSPS) is 16.4. The number of anilines is 3. The van der Waals surface area contributed by atoms with Gasteiger partial charge in [0.05, 0.1) is 28.9 Å². The molecule has 0 amide bonds. The van der Waals surface area contributed by atoms with Crippen molar-refractivity contribution in [1.82, 2.24) is 4.90 Å². The van der Waals surface area contributed by atoms with Gasteiger partial charge in [-0.1, -0.05) is 35.9 Å². The van der Waals surface area contributed by atoms with Gasteiger partial charge < -0.3 is 15.4 Å². The second-order valence-electron chi connectivity index (χ2n) is 9.05. The molecule has 0 fully saturated rings. The number of amidine groups is 1. The van der Waals surface area contributed by atoms with Crippen molar-refractivity contribution in [2.75, 3.05) is 37.5 Å². The van der Waals surface area contributed by atoms with Gasteiger partial charge >= 0.3 is 5.97 Å². The molecule has 6 nitrogen and oxygen atoms in total. The van der Waals surface area contributed by atoms with E-state index in [0.29, 0.717) is 13.1 Å². The summed E-state index contributed by atoms with van der Waals surface area (Å²) in [6.07, 6.45) is 8.06. The maximum absolute atomic E-state index is 12.7. The van der Waals surface area contributed by atoms with Crippen molar-refractivity contribution in [2.24, 2.45) is 10.4 Å². The number of esters is 1. The first-order valence-corrected chi connectivity index (χ1v) is 12.2. The van der Waals surface area contributed by atoms with E-state index in [1.165, 1.54) is 4.88 Å². The molecule has 0 saturated carbocycles. The zero-order valence-corrected chi connectivity index (χ0v) is 20.6. The van der Waals surface area contributed by atoms with Gasteiger partial charge in [0.1, 0.15) is 17.6 Å². The van der Waals surface area contributed by atoms with Gasteiger partial charge in [0.15, 0.2) is 0 Å². The van der Waals surface area contributed by atoms with Crippen molar-refractivity contribution in [1.29, 1.82) is 0 Å². The number of para-hydroxylation sites is 2. The number of carbonyl (C=O) groups excluding carboxylic acids is 1. The zero-order valence-electron chi connectivity index (χ0n) is 19.8. The molecule has 1 aromatic heterocycles. The van der Waals surface area contributed by atoms with Crippen molar-refractivity contribution in [3.8, 4) is 0 Å². The van der Waals surface area contributed by atoms with Gasteiger partial charge in [0.25, 0.3) is 0 Å². The quantitative estimate of drug-likeness (QED) is 0.406. The van der Waals surface area contributed by atoms with Crippen LogP contribution in [0.15, 0.2) is 59.1 Å². The fourth-order valence-corrected chi connectivity index (χ4v) is 4.85. The summed E-state index contributed by atoms with van der Waals surface area (Å²) in [5.41, 5.74) is 3.65. The number of likely N-dealkylation sites (N-methyl/N-ethyl adjacent to an activating group) is 1. The van der Waals surface area contributed by atoms with Crippen molar-refractivity contribution < 1.29 is 9.53 Å². The highest BCUT2D eigenvalue weighted by atomic mass is 32.1. The van der Waals surface area contributed by atoms with Crippen molar-refractivity contribution in [3.63, 3.8) is 0 Å². The van der Waals surface area contributed by atoms with Gasteiger partial charge in [0.2, 0.25) is 0 Å². The Labute approximate surface area is 200 Å². The first kappa shape index (κ1) is 23.3. The van der Waals surface area contributed by atoms with Crippen molar-refractivity contribution in [3.05, 3.63) is 64.6 Å². The van der Waals surface area contributed by atoms with Gasteiger partial charge in [-0.05, 0) is 58.9 Å². The summed E-state index contributed by atoms with van der Waals surface area (Å²) >= 11 is 1.73. The largest absolute Gasteiger partial charge is 0.449 e. The highest BCUT2D eigenvalue weighted by Crippen LogP contribution is 2.37. The van der Waals surface area contributed by atoms with Crippen LogP contribution < -0.4 is 10.6 Å². The summed E-state index contributed by atoms with van der Waals surface area (Å²) in [6.45, 7) is 7.50. The fraction of sp³-hybridized carbons (Fsp3) is 0.385. The lowest BCUT2D eigenvalue weighted by Crippen LogP contribution is -2.34. The van der Waals surface area contributed by atoms with E-state index >= 15 is 0 Å². The minimum atomic E-state index is -0.607. The van der Waals surface area contributed by atoms with Crippen LogP contribution in [0.25, 0.3) is 0 Å². The summed E-state index contributed by atoms with van der Waals surface area (Å²) in [4.78, 5) is 20.8. The molecule has 0 bridgehead atoms. The van der Waals surface area contributed by atoms with Crippen LogP contribution in [0.2, 0.25) is 0 Å². The predicted octanol–water partition coefficient (Wildman–Crippen LogP) is 5.71. The molecule has 2 aliphatic rings. The molecular weight excluding hydrogens is 432 g/mol. The second kappa shape index (κ2) is 9.93. The maximum atomic E-state index is 12.7. The number of thiophene rings is 1. The van der Waals surface area contributed by atoms with Crippen LogP contribution in [0.4, 0.5) is 16.4 Å². The number of aryl methyl sites for hydroxylation is 1. The molecule has 0 saturated heterocycles. The van der Waals surface area contributed by atoms with E-state index in [-0.39, 0.29) is 12.7 Å². The smallest absolute Gasteiger partial charge is 0.316 e. The predicted molar refractivity (Wildman–Crippen MR) is 138 cm³/mol. The Hall–Kier alpha value is -2.90. The number of hydrogen-bond acceptors (Lipinski definition) is 6. The minimum Gasteiger partial charge on any atom is -0.449 e. The monoisotopic (exact) mass is 464 g/mol. The van der Waals surface area contributed by atoms with Gasteiger partial charge in [0, 0.05) is 11.4 Å². The molecule has 0 atom stereocenters. The Bertz CT molecular complexity index is 1110. The third-order valence-electron chi connectivity index (χ3n) is 6.03. The average Bonchev–Trinajstić information content (AvgIpc) is 3.11. The molecule has 33 heavy (non-hydrogen) atoms. The molecule has 2 aromatic rings. The highest BCUT2D eigenvalue weighted by Gasteiger charge is 2.33. The Morgan fingerprint density at radius 2 is 2.00 bits per heavy atom. The van der Waals surface area contributed by atoms with Crippen molar-refractivity contribution >= 4 is 39.5 Å². The average molecular weight is 465 g/mol. The van der Waals surface area contributed by atoms with Gasteiger partial charge in [-0.3, -0.25) is 14.7 Å². The number of allylic oxidation sites excluding steroid dienone is 3. The van der Waals surface area contributed by atoms with E-state index < -0.39 is 5.41 Å². The summed E-state index contributed by atoms with van der Waals surface area (Å²) in [5, 5.41) is 8.11. The molecular formula is C26H32N4O2S. The third kappa shape index (κ3) is 5.37. The lowest BCUT2D eigenvalue weighted by Gasteiger charge is -2.28. The summed E-state index contributed by atoms with van der Waals surface area (Å²) in [6, 6.07) is 10.3. The van der Waals surface area contributed by atoms with Crippen LogP contribution >= 0.6 is 11.3 Å². The van der Waals surface area contributed by atoms with Crippen LogP contribution in [0.3, 0.4) is 0 Å². The number of benzene rings is 1. The van der Waals surface area contributed by atoms with Crippen molar-refractivity contribution in [2.45, 2.75) is 33.6 Å². The Balaban J connectivity index is 1.36. The first-order valence-electron chi connectivity index (χ1n) is 11.3. The Kier molecular flexibility index (Phi) is 7.00. The van der Waals surface area contributed by atoms with Crippen LogP contribution in [0, 0.1) is 12.3 Å². The van der Waals surface area contributed by atoms with Gasteiger partial charge in [-0.25, -0.2) is 0 Å². The zero-order chi connectivity index (χ0) is 23.4. The molecule has 0 unspecified atom stereocenters. The fourth-order valence-electron chi connectivity index (χ4n) is 3.93. The molecule has 1 aliphatic heterocycles. The third-order valence-corrected chi connectivity index (χ3v) is 7.00. The van der Waals surface area contributed by atoms with E-state index in [1.54, 1.807) is 11.3 Å². The molecule has 4 rings (SSSR count). The maximum Gasteiger partial charge on any atom is 0.316 e. The number of fused-ring (bicyclic) bond motifs is 2. The van der Waals surface area contributed by atoms with E-state index in [2.05, 4.69) is 35.8 Å². The molecule has 7 heteroatoms. The number of rotatable bonds is 7. The van der Waals surface area contributed by atoms with E-state index in [4.69, 9.17) is 9.73 Å². The number of ether oxygens (including phenoxy) is 1. The van der Waals surface area contributed by atoms with E-state index in [0.717, 1.165) is 46.2 Å². The molecule has 0 radical (unpaired) electrons. The summed E-state index contributed by atoms with van der Waals surface area (Å²) in [7, 11) is 1.95. The topological polar surface area (TPSA) is 66.0 Å². The molecule has 2 N–H and O–H groups in total. The lowest BCUT2D eigenvalue weighted by molar-refractivity contribution is -0.156. The van der Waals surface area contributed by atoms with Gasteiger partial charge in [-0.15, -0.1) is 11.3 Å². The van der Waals surface area contributed by atoms with Crippen LogP contribution in [0.1, 0.15) is 37.1 Å². The molecule has 174 valence electrons. The Morgan fingerprint density at radius 1 is 1.24 bits per heavy atom. The van der Waals surface area contributed by atoms with E-state index in [9.17, 15) is 4.79 Å². The van der Waals surface area contributed by atoms with E-state index in [1.807, 2.05) is 56.1 Å². The van der Waals surface area contributed by atoms with Crippen LogP contribution in [-0.4, -0.2) is 43.6 Å². The minimum absolute atomic E-state index is 0.186. The summed E-state index contributed by atoms with van der Waals surface area (Å²) in [5.74, 6) is 0.671. The molecule has 2 heterocycles. The number of nitrogens with zero attached hydrogens (tertiary/aromatic N) is 2. The first-order chi connectivity index (χ1) is 15.8. The molecule has 1 aromatic carbocycles. The lowest BCUT2D eigenvalue weighted by atomic mass is 9.80. The van der Waals surface area contributed by atoms with Gasteiger partial charge in [-0.2, -0.15) is 0 Å². The highest BCUT2D eigenvalue weighted by molar-refractivity contribution is 7.16. The Morgan fingerprint density at radius 3 is 2.73 bits per heavy atom. The number of carbonyl (C=O) groups is 1. The van der Waals surface area contributed by atoms with Crippen LogP contribution in [0.5, 0.6) is 0 Å².